The maximum Gasteiger partial charge on any atom is 0.234 e. The molecule has 0 radical (unpaired) electrons. The average Bonchev–Trinajstić information content (AvgIpc) is 3.22. The maximum absolute atomic E-state index is 12.2. The van der Waals surface area contributed by atoms with Gasteiger partial charge < -0.3 is 10.1 Å². The molecule has 0 aliphatic rings. The van der Waals surface area contributed by atoms with E-state index in [0.717, 1.165) is 5.82 Å². The molecule has 1 aromatic carbocycles. The van der Waals surface area contributed by atoms with Gasteiger partial charge in [0.2, 0.25) is 11.1 Å². The fraction of sp³-hybridized carbons (Fsp3) is 0.188. The molecule has 0 saturated heterocycles. The number of carbonyl (C=O) groups excluding carboxylic acids is 1. The van der Waals surface area contributed by atoms with Crippen LogP contribution in [0.2, 0.25) is 0 Å². The van der Waals surface area contributed by atoms with Crippen LogP contribution in [0.3, 0.4) is 0 Å². The first-order valence-electron chi connectivity index (χ1n) is 7.30. The zero-order chi connectivity index (χ0) is 16.9. The zero-order valence-corrected chi connectivity index (χ0v) is 14.2. The van der Waals surface area contributed by atoms with Gasteiger partial charge in [0, 0.05) is 12.4 Å². The van der Waals surface area contributed by atoms with Crippen molar-refractivity contribution in [2.75, 3.05) is 18.2 Å². The second kappa shape index (κ2) is 7.22. The molecule has 8 heteroatoms. The lowest BCUT2D eigenvalue weighted by Gasteiger charge is -2.10. The monoisotopic (exact) mass is 343 g/mol. The van der Waals surface area contributed by atoms with Gasteiger partial charge in [0.25, 0.3) is 0 Å². The molecule has 0 aliphatic carbocycles. The first-order valence-corrected chi connectivity index (χ1v) is 8.29. The van der Waals surface area contributed by atoms with Gasteiger partial charge >= 0.3 is 0 Å². The molecule has 0 unspecified atom stereocenters. The van der Waals surface area contributed by atoms with Crippen LogP contribution in [0.5, 0.6) is 5.75 Å². The summed E-state index contributed by atoms with van der Waals surface area (Å²) in [6.45, 7) is 1.87. The van der Waals surface area contributed by atoms with Crippen LogP contribution in [0, 0.1) is 6.92 Å². The molecule has 0 atom stereocenters. The highest BCUT2D eigenvalue weighted by molar-refractivity contribution is 7.99. The Morgan fingerprint density at radius 1 is 1.21 bits per heavy atom. The summed E-state index contributed by atoms with van der Waals surface area (Å²) in [6.07, 6.45) is 3.80. The van der Waals surface area contributed by atoms with Gasteiger partial charge in [0.05, 0.1) is 18.6 Å². The minimum absolute atomic E-state index is 0.135. The normalized spacial score (nSPS) is 10.6. The predicted octanol–water partition coefficient (Wildman–Crippen LogP) is 2.44. The number of aromatic nitrogens is 4. The van der Waals surface area contributed by atoms with Gasteiger partial charge in [0.15, 0.2) is 5.82 Å². The van der Waals surface area contributed by atoms with E-state index in [9.17, 15) is 4.79 Å². The lowest BCUT2D eigenvalue weighted by atomic mass is 10.3. The summed E-state index contributed by atoms with van der Waals surface area (Å²) in [5, 5.41) is 11.7. The summed E-state index contributed by atoms with van der Waals surface area (Å²) in [5.41, 5.74) is 0.647. The zero-order valence-electron chi connectivity index (χ0n) is 13.3. The third kappa shape index (κ3) is 3.43. The maximum atomic E-state index is 12.2. The van der Waals surface area contributed by atoms with E-state index < -0.39 is 0 Å². The first-order chi connectivity index (χ1) is 11.7. The van der Waals surface area contributed by atoms with Crippen molar-refractivity contribution in [3.05, 3.63) is 54.6 Å². The molecule has 0 aliphatic heterocycles. The minimum Gasteiger partial charge on any atom is -0.495 e. The number of nitrogens with one attached hydrogen (secondary N) is 1. The molecule has 0 fully saturated rings. The van der Waals surface area contributed by atoms with Crippen molar-refractivity contribution in [1.82, 2.24) is 19.5 Å². The molecular weight excluding hydrogens is 326 g/mol. The summed E-state index contributed by atoms with van der Waals surface area (Å²) in [5.74, 6) is 1.46. The van der Waals surface area contributed by atoms with E-state index in [4.69, 9.17) is 4.74 Å². The van der Waals surface area contributed by atoms with Gasteiger partial charge in [-0.05, 0) is 31.2 Å². The van der Waals surface area contributed by atoms with Crippen LogP contribution in [-0.4, -0.2) is 38.3 Å². The Bertz CT molecular complexity index is 829. The largest absolute Gasteiger partial charge is 0.495 e. The molecule has 0 bridgehead atoms. The van der Waals surface area contributed by atoms with Crippen LogP contribution in [0.15, 0.2) is 53.9 Å². The van der Waals surface area contributed by atoms with Gasteiger partial charge in [-0.25, -0.2) is 4.68 Å². The number of para-hydroxylation sites is 2. The molecule has 2 heterocycles. The van der Waals surface area contributed by atoms with Crippen molar-refractivity contribution < 1.29 is 9.53 Å². The van der Waals surface area contributed by atoms with Gasteiger partial charge in [-0.2, -0.15) is 0 Å². The van der Waals surface area contributed by atoms with Crippen molar-refractivity contribution in [2.45, 2.75) is 12.1 Å². The van der Waals surface area contributed by atoms with Crippen LogP contribution in [0.1, 0.15) is 5.82 Å². The number of anilines is 1. The number of carbonyl (C=O) groups is 1. The summed E-state index contributed by atoms with van der Waals surface area (Å²) < 4.78 is 8.95. The lowest BCUT2D eigenvalue weighted by molar-refractivity contribution is -0.113. The summed E-state index contributed by atoms with van der Waals surface area (Å²) in [6, 6.07) is 11.1. The number of thioether (sulfide) groups is 1. The molecule has 0 saturated carbocycles. The van der Waals surface area contributed by atoms with Crippen LogP contribution < -0.4 is 10.1 Å². The van der Waals surface area contributed by atoms with Crippen LogP contribution in [0.25, 0.3) is 0 Å². The lowest BCUT2D eigenvalue weighted by Crippen LogP contribution is -2.16. The molecule has 3 aromatic rings. The Morgan fingerprint density at radius 3 is 2.71 bits per heavy atom. The Labute approximate surface area is 143 Å². The Balaban J connectivity index is 1.67. The highest BCUT2D eigenvalue weighted by atomic mass is 32.2. The Kier molecular flexibility index (Phi) is 4.85. The SMILES string of the molecule is COc1ccccc1NC(=O)CSc1nnc(C)n1-n1cccc1. The number of aryl methyl sites for hydroxylation is 1. The number of methoxy groups -OCH3 is 1. The predicted molar refractivity (Wildman–Crippen MR) is 92.3 cm³/mol. The van der Waals surface area contributed by atoms with Crippen LogP contribution in [-0.2, 0) is 4.79 Å². The minimum atomic E-state index is -0.135. The molecule has 7 nitrogen and oxygen atoms in total. The van der Waals surface area contributed by atoms with Gasteiger partial charge in [0.1, 0.15) is 5.75 Å². The molecule has 0 spiro atoms. The van der Waals surface area contributed by atoms with E-state index in [0.29, 0.717) is 16.6 Å². The fourth-order valence-electron chi connectivity index (χ4n) is 2.22. The van der Waals surface area contributed by atoms with Crippen LogP contribution >= 0.6 is 11.8 Å². The summed E-state index contributed by atoms with van der Waals surface area (Å²) in [7, 11) is 1.57. The van der Waals surface area contributed by atoms with E-state index >= 15 is 0 Å². The Hall–Kier alpha value is -2.74. The highest BCUT2D eigenvalue weighted by Gasteiger charge is 2.13. The van der Waals surface area contributed by atoms with E-state index in [1.165, 1.54) is 11.8 Å². The number of ether oxygens (including phenoxy) is 1. The van der Waals surface area contributed by atoms with E-state index in [-0.39, 0.29) is 11.7 Å². The van der Waals surface area contributed by atoms with Crippen molar-refractivity contribution in [1.29, 1.82) is 0 Å². The summed E-state index contributed by atoms with van der Waals surface area (Å²) >= 11 is 1.32. The van der Waals surface area contributed by atoms with E-state index in [1.807, 2.05) is 52.9 Å². The highest BCUT2D eigenvalue weighted by Crippen LogP contribution is 2.24. The van der Waals surface area contributed by atoms with Crippen molar-refractivity contribution >= 4 is 23.4 Å². The number of benzene rings is 1. The number of amides is 1. The molecule has 3 rings (SSSR count). The molecule has 24 heavy (non-hydrogen) atoms. The van der Waals surface area contributed by atoms with Crippen molar-refractivity contribution in [3.8, 4) is 5.75 Å². The van der Waals surface area contributed by atoms with E-state index in [2.05, 4.69) is 15.5 Å². The molecule has 124 valence electrons. The number of rotatable bonds is 6. The van der Waals surface area contributed by atoms with E-state index in [1.54, 1.807) is 19.2 Å². The molecule has 2 aromatic heterocycles. The van der Waals surface area contributed by atoms with Gasteiger partial charge in [-0.3, -0.25) is 9.47 Å². The van der Waals surface area contributed by atoms with Gasteiger partial charge in [-0.1, -0.05) is 23.9 Å². The molecule has 1 amide bonds. The summed E-state index contributed by atoms with van der Waals surface area (Å²) in [4.78, 5) is 12.2. The standard InChI is InChI=1S/C16H17N5O2S/c1-12-18-19-16(21(12)20-9-5-6-10-20)24-11-15(22)17-13-7-3-4-8-14(13)23-2/h3-10H,11H2,1-2H3,(H,17,22). The first kappa shape index (κ1) is 16.1. The number of nitrogens with zero attached hydrogens (tertiary/aromatic N) is 4. The average molecular weight is 343 g/mol. The second-order valence-electron chi connectivity index (χ2n) is 4.94. The Morgan fingerprint density at radius 2 is 1.96 bits per heavy atom. The molecular formula is C16H17N5O2S. The quantitative estimate of drug-likeness (QED) is 0.696. The second-order valence-corrected chi connectivity index (χ2v) is 5.88. The van der Waals surface area contributed by atoms with Gasteiger partial charge in [-0.15, -0.1) is 10.2 Å². The smallest absolute Gasteiger partial charge is 0.234 e. The van der Waals surface area contributed by atoms with Crippen molar-refractivity contribution in [2.24, 2.45) is 0 Å². The third-order valence-corrected chi connectivity index (χ3v) is 4.22. The fourth-order valence-corrected chi connectivity index (χ4v) is 3.00. The number of hydrogen-bond donors (Lipinski definition) is 1. The third-order valence-electron chi connectivity index (χ3n) is 3.30. The van der Waals surface area contributed by atoms with Crippen LogP contribution in [0.4, 0.5) is 5.69 Å². The topological polar surface area (TPSA) is 74.0 Å². The molecule has 1 N–H and O–H groups in total. The van der Waals surface area contributed by atoms with Crippen molar-refractivity contribution in [3.63, 3.8) is 0 Å². The number of hydrogen-bond acceptors (Lipinski definition) is 5.